The molecule has 0 aliphatic heterocycles. The van der Waals surface area contributed by atoms with Gasteiger partial charge in [0.05, 0.1) is 12.0 Å². The highest BCUT2D eigenvalue weighted by atomic mass is 16.6. The minimum absolute atomic E-state index is 0.0140. The summed E-state index contributed by atoms with van der Waals surface area (Å²) in [7, 11) is 1.47. The number of carbonyl (C=O) groups is 4. The van der Waals surface area contributed by atoms with E-state index in [9.17, 15) is 29.3 Å². The first-order valence-electron chi connectivity index (χ1n) is 8.46. The Labute approximate surface area is 170 Å². The normalized spacial score (nSPS) is 9.90. The Balaban J connectivity index is 1.76. The van der Waals surface area contributed by atoms with E-state index in [2.05, 4.69) is 10.1 Å². The third-order valence-electron chi connectivity index (χ3n) is 3.68. The number of ether oxygens (including phenoxy) is 2. The molecule has 30 heavy (non-hydrogen) atoms. The Morgan fingerprint density at radius 2 is 1.70 bits per heavy atom. The van der Waals surface area contributed by atoms with E-state index in [0.29, 0.717) is 5.75 Å². The molecular formula is C19H17N3O8. The van der Waals surface area contributed by atoms with Crippen LogP contribution in [-0.4, -0.2) is 48.9 Å². The highest BCUT2D eigenvalue weighted by molar-refractivity contribution is 6.05. The molecule has 2 aromatic rings. The molecule has 3 amide bonds. The summed E-state index contributed by atoms with van der Waals surface area (Å²) in [5.41, 5.74) is -0.0806. The number of imide groups is 1. The fourth-order valence-electron chi connectivity index (χ4n) is 2.19. The van der Waals surface area contributed by atoms with Gasteiger partial charge in [-0.3, -0.25) is 34.6 Å². The van der Waals surface area contributed by atoms with Crippen molar-refractivity contribution >= 4 is 29.4 Å². The molecule has 2 rings (SSSR count). The largest absolute Gasteiger partial charge is 0.497 e. The molecule has 0 saturated heterocycles. The number of hydrogen-bond acceptors (Lipinski definition) is 8. The number of carbonyl (C=O) groups excluding carboxylic acids is 4. The number of amides is 3. The number of methoxy groups -OCH3 is 1. The number of non-ortho nitro benzene ring substituents is 1. The first-order chi connectivity index (χ1) is 14.3. The zero-order valence-corrected chi connectivity index (χ0v) is 15.7. The molecule has 0 aliphatic carbocycles. The van der Waals surface area contributed by atoms with E-state index >= 15 is 0 Å². The summed E-state index contributed by atoms with van der Waals surface area (Å²) < 4.78 is 9.64. The maximum absolute atomic E-state index is 11.9. The van der Waals surface area contributed by atoms with Crippen LogP contribution >= 0.6 is 0 Å². The lowest BCUT2D eigenvalue weighted by Gasteiger charge is -2.07. The van der Waals surface area contributed by atoms with Gasteiger partial charge in [0.1, 0.15) is 12.3 Å². The third kappa shape index (κ3) is 6.41. The second-order valence-corrected chi connectivity index (χ2v) is 5.76. The molecule has 2 aromatic carbocycles. The highest BCUT2D eigenvalue weighted by Crippen LogP contribution is 2.13. The van der Waals surface area contributed by atoms with Crippen LogP contribution in [0.1, 0.15) is 20.7 Å². The monoisotopic (exact) mass is 415 g/mol. The fraction of sp³-hybridized carbons (Fsp3) is 0.158. The molecule has 156 valence electrons. The van der Waals surface area contributed by atoms with Crippen LogP contribution in [0.5, 0.6) is 5.75 Å². The van der Waals surface area contributed by atoms with E-state index in [4.69, 9.17) is 4.74 Å². The van der Waals surface area contributed by atoms with E-state index in [1.165, 1.54) is 37.4 Å². The maximum Gasteiger partial charge on any atom is 0.325 e. The van der Waals surface area contributed by atoms with Gasteiger partial charge in [0, 0.05) is 23.3 Å². The molecule has 11 nitrogen and oxygen atoms in total. The Bertz CT molecular complexity index is 972. The van der Waals surface area contributed by atoms with Crippen molar-refractivity contribution in [1.29, 1.82) is 0 Å². The van der Waals surface area contributed by atoms with Crippen molar-refractivity contribution in [2.45, 2.75) is 0 Å². The van der Waals surface area contributed by atoms with Crippen LogP contribution in [-0.2, 0) is 14.3 Å². The van der Waals surface area contributed by atoms with Crippen molar-refractivity contribution in [2.75, 3.05) is 20.3 Å². The molecule has 0 saturated carbocycles. The van der Waals surface area contributed by atoms with Crippen molar-refractivity contribution in [2.24, 2.45) is 0 Å². The van der Waals surface area contributed by atoms with Gasteiger partial charge >= 0.3 is 5.97 Å². The van der Waals surface area contributed by atoms with Crippen molar-refractivity contribution in [1.82, 2.24) is 10.6 Å². The molecule has 2 N–H and O–H groups in total. The SMILES string of the molecule is COc1ccc(C(=O)NC(=O)COC(=O)CNC(=O)c2cccc([N+](=O)[O-])c2)cc1. The predicted octanol–water partition coefficient (Wildman–Crippen LogP) is 0.833. The molecule has 0 fully saturated rings. The molecule has 0 spiro atoms. The van der Waals surface area contributed by atoms with Crippen molar-refractivity contribution < 1.29 is 33.6 Å². The Kier molecular flexibility index (Phi) is 7.57. The van der Waals surface area contributed by atoms with Crippen LogP contribution in [0.15, 0.2) is 48.5 Å². The summed E-state index contributed by atoms with van der Waals surface area (Å²) in [6, 6.07) is 10.9. The average molecular weight is 415 g/mol. The third-order valence-corrected chi connectivity index (χ3v) is 3.68. The molecule has 0 atom stereocenters. The number of hydrogen-bond donors (Lipinski definition) is 2. The smallest absolute Gasteiger partial charge is 0.325 e. The Hall–Kier alpha value is -4.28. The van der Waals surface area contributed by atoms with Crippen LogP contribution < -0.4 is 15.4 Å². The van der Waals surface area contributed by atoms with E-state index < -0.39 is 41.8 Å². The number of benzene rings is 2. The van der Waals surface area contributed by atoms with E-state index in [1.54, 1.807) is 12.1 Å². The number of esters is 1. The first-order valence-corrected chi connectivity index (χ1v) is 8.46. The number of nitrogens with zero attached hydrogens (tertiary/aromatic N) is 1. The number of rotatable bonds is 8. The van der Waals surface area contributed by atoms with Crippen molar-refractivity contribution in [3.63, 3.8) is 0 Å². The summed E-state index contributed by atoms with van der Waals surface area (Å²) in [6.07, 6.45) is 0. The molecule has 0 bridgehead atoms. The van der Waals surface area contributed by atoms with E-state index in [1.807, 2.05) is 5.32 Å². The van der Waals surface area contributed by atoms with Crippen molar-refractivity contribution in [3.8, 4) is 5.75 Å². The minimum Gasteiger partial charge on any atom is -0.497 e. The zero-order valence-electron chi connectivity index (χ0n) is 15.7. The lowest BCUT2D eigenvalue weighted by atomic mass is 10.2. The first kappa shape index (κ1) is 22.0. The van der Waals surface area contributed by atoms with Gasteiger partial charge in [0.25, 0.3) is 23.4 Å². The lowest BCUT2D eigenvalue weighted by Crippen LogP contribution is -2.36. The lowest BCUT2D eigenvalue weighted by molar-refractivity contribution is -0.384. The van der Waals surface area contributed by atoms with E-state index in [0.717, 1.165) is 6.07 Å². The second kappa shape index (κ2) is 10.3. The Morgan fingerprint density at radius 3 is 2.33 bits per heavy atom. The standard InChI is InChI=1S/C19H17N3O8/c1-29-15-7-5-12(6-8-15)19(26)21-16(23)11-30-17(24)10-20-18(25)13-3-2-4-14(9-13)22(27)28/h2-9H,10-11H2,1H3,(H,20,25)(H,21,23,26). The predicted molar refractivity (Wildman–Crippen MR) is 102 cm³/mol. The molecule has 0 aromatic heterocycles. The molecule has 0 unspecified atom stereocenters. The molecule has 11 heteroatoms. The highest BCUT2D eigenvalue weighted by Gasteiger charge is 2.15. The Morgan fingerprint density at radius 1 is 1.00 bits per heavy atom. The van der Waals surface area contributed by atoms with Crippen molar-refractivity contribution in [3.05, 3.63) is 69.8 Å². The number of nitro benzene ring substituents is 1. The summed E-state index contributed by atoms with van der Waals surface area (Å²) in [5, 5.41) is 15.0. The van der Waals surface area contributed by atoms with Gasteiger partial charge in [-0.2, -0.15) is 0 Å². The van der Waals surface area contributed by atoms with Gasteiger partial charge in [-0.25, -0.2) is 0 Å². The van der Waals surface area contributed by atoms with Crippen LogP contribution in [0.3, 0.4) is 0 Å². The van der Waals surface area contributed by atoms with Crippen LogP contribution in [0.25, 0.3) is 0 Å². The van der Waals surface area contributed by atoms with E-state index in [-0.39, 0.29) is 16.8 Å². The van der Waals surface area contributed by atoms with Crippen LogP contribution in [0.4, 0.5) is 5.69 Å². The molecule has 0 radical (unpaired) electrons. The number of nitro groups is 1. The van der Waals surface area contributed by atoms with Crippen LogP contribution in [0.2, 0.25) is 0 Å². The molecular weight excluding hydrogens is 398 g/mol. The average Bonchev–Trinajstić information content (AvgIpc) is 2.76. The van der Waals surface area contributed by atoms with Crippen LogP contribution in [0, 0.1) is 10.1 Å². The molecule has 0 aliphatic rings. The minimum atomic E-state index is -0.930. The van der Waals surface area contributed by atoms with Gasteiger partial charge in [-0.1, -0.05) is 6.07 Å². The summed E-state index contributed by atoms with van der Waals surface area (Å²) in [4.78, 5) is 57.3. The van der Waals surface area contributed by atoms with Gasteiger partial charge in [0.15, 0.2) is 6.61 Å². The number of nitrogens with one attached hydrogen (secondary N) is 2. The second-order valence-electron chi connectivity index (χ2n) is 5.76. The van der Waals surface area contributed by atoms with Gasteiger partial charge in [-0.05, 0) is 30.3 Å². The fourth-order valence-corrected chi connectivity index (χ4v) is 2.19. The zero-order chi connectivity index (χ0) is 22.1. The van der Waals surface area contributed by atoms with Gasteiger partial charge in [-0.15, -0.1) is 0 Å². The summed E-state index contributed by atoms with van der Waals surface area (Å²) in [5.74, 6) is -2.65. The van der Waals surface area contributed by atoms with Gasteiger partial charge in [0.2, 0.25) is 0 Å². The quantitative estimate of drug-likeness (QED) is 0.365. The summed E-state index contributed by atoms with van der Waals surface area (Å²) in [6.45, 7) is -1.30. The maximum atomic E-state index is 11.9. The topological polar surface area (TPSA) is 154 Å². The van der Waals surface area contributed by atoms with Gasteiger partial charge < -0.3 is 14.8 Å². The summed E-state index contributed by atoms with van der Waals surface area (Å²) >= 11 is 0. The molecule has 0 heterocycles.